The van der Waals surface area contributed by atoms with E-state index in [9.17, 15) is 37.6 Å². The number of benzene rings is 4. The third-order valence-electron chi connectivity index (χ3n) is 7.29. The Labute approximate surface area is 341 Å². The average Bonchev–Trinajstić information content (AvgIpc) is 3.60. The number of carbonyl (C=O) groups excluding carboxylic acids is 1. The van der Waals surface area contributed by atoms with Crippen molar-refractivity contribution in [3.05, 3.63) is 140 Å². The number of hydrogen-bond acceptors (Lipinski definition) is 13. The summed E-state index contributed by atoms with van der Waals surface area (Å²) < 4.78 is 34.3. The maximum atomic E-state index is 12.7. The fraction of sp³-hybridized carbons (Fsp3) is 0.0571. The van der Waals surface area contributed by atoms with Crippen LogP contribution in [0.5, 0.6) is 11.5 Å². The van der Waals surface area contributed by atoms with Crippen LogP contribution in [0.4, 0.5) is 28.4 Å². The second kappa shape index (κ2) is 18.0. The summed E-state index contributed by atoms with van der Waals surface area (Å²) >= 11 is 11.7. The standard InChI is InChI=1S/C19H15ClN5O6S.C16H12ClN4O2.Cr/c1-3-16(26)21-12-4-6-13(7-5-12)25-19(28)17(10(2)24-25)23-22-14-8-11(20)9-15(18(14)27)32(29,30)31;1-10-15(19-18-13-9-11(17)7-8-14(13)22)16(23)21(20-10)12-5-3-2-4-6-12;/h3-9,27H,1H2,2H3,(H,21,26)(H,29,30,31);2-9,22H,1H3;/q2*-1;/p+2. The summed E-state index contributed by atoms with van der Waals surface area (Å²) in [5, 5.41) is 46.3. The van der Waals surface area contributed by atoms with Crippen LogP contribution in [0.15, 0.2) is 133 Å². The molecule has 288 valence electrons. The van der Waals surface area contributed by atoms with Gasteiger partial charge in [0.05, 0.1) is 11.4 Å². The smallest absolute Gasteiger partial charge is 0.506 e. The van der Waals surface area contributed by atoms with Crippen molar-refractivity contribution in [2.24, 2.45) is 20.5 Å². The molecule has 0 saturated heterocycles. The van der Waals surface area contributed by atoms with E-state index in [1.54, 1.807) is 43.3 Å². The van der Waals surface area contributed by atoms with Crippen LogP contribution in [-0.4, -0.2) is 48.7 Å². The van der Waals surface area contributed by atoms with Gasteiger partial charge in [0.2, 0.25) is 5.91 Å². The Hall–Kier alpha value is -6.07. The van der Waals surface area contributed by atoms with Gasteiger partial charge in [-0.05, 0) is 72.8 Å². The molecule has 6 rings (SSSR count). The van der Waals surface area contributed by atoms with Crippen molar-refractivity contribution < 1.29 is 48.2 Å². The van der Waals surface area contributed by atoms with Gasteiger partial charge in [-0.3, -0.25) is 9.35 Å². The summed E-state index contributed by atoms with van der Waals surface area (Å²) in [6, 6.07) is 21.6. The fourth-order valence-electron chi connectivity index (χ4n) is 4.64. The summed E-state index contributed by atoms with van der Waals surface area (Å²) in [5.74, 6) is -1.34. The van der Waals surface area contributed by atoms with Gasteiger partial charge in [0.15, 0.2) is 5.75 Å². The minimum Gasteiger partial charge on any atom is -0.506 e. The molecular weight excluding hydrogens is 829 g/mol. The van der Waals surface area contributed by atoms with Gasteiger partial charge >= 0.3 is 2.85 Å². The van der Waals surface area contributed by atoms with E-state index in [1.807, 2.05) is 18.2 Å². The topological polar surface area (TPSA) is 243 Å². The third kappa shape index (κ3) is 9.96. The first-order valence-corrected chi connectivity index (χ1v) is 17.7. The van der Waals surface area contributed by atoms with Crippen molar-refractivity contribution in [1.29, 1.82) is 0 Å². The molecular formula is C35H29Cl2CrN9O8S. The van der Waals surface area contributed by atoms with E-state index < -0.39 is 26.3 Å². The molecule has 0 radical (unpaired) electrons. The van der Waals surface area contributed by atoms with Crippen LogP contribution >= 0.6 is 23.2 Å². The van der Waals surface area contributed by atoms with Gasteiger partial charge in [-0.2, -0.15) is 18.6 Å². The molecule has 1 amide bonds. The van der Waals surface area contributed by atoms with Crippen molar-refractivity contribution in [2.45, 2.75) is 18.7 Å². The molecule has 0 atom stereocenters. The summed E-state index contributed by atoms with van der Waals surface area (Å²) in [5.41, 5.74) is 0.926. The van der Waals surface area contributed by atoms with E-state index in [0.717, 1.165) is 22.9 Å². The molecule has 0 spiro atoms. The van der Waals surface area contributed by atoms with Crippen molar-refractivity contribution in [1.82, 2.24) is 19.6 Å². The average molecular weight is 859 g/mol. The third-order valence-corrected chi connectivity index (χ3v) is 8.61. The molecule has 0 saturated carbocycles. The number of aryl methyl sites for hydroxylation is 2. The maximum absolute atomic E-state index is 12.7. The second-order valence-corrected chi connectivity index (χ2v) is 13.4. The maximum Gasteiger partial charge on any atom is 1.00 e. The van der Waals surface area contributed by atoms with Crippen LogP contribution in [0.1, 0.15) is 14.2 Å². The number of para-hydroxylation sites is 1. The molecule has 56 heavy (non-hydrogen) atoms. The fourth-order valence-corrected chi connectivity index (χ4v) is 5.71. The molecule has 17 nitrogen and oxygen atoms in total. The zero-order valence-corrected chi connectivity index (χ0v) is 32.5. The molecule has 0 aliphatic rings. The van der Waals surface area contributed by atoms with Crippen LogP contribution in [0.3, 0.4) is 0 Å². The molecule has 0 bridgehead atoms. The van der Waals surface area contributed by atoms with Gasteiger partial charge in [0.1, 0.15) is 33.1 Å². The minimum absolute atomic E-state index is 0. The molecule has 0 aliphatic heterocycles. The van der Waals surface area contributed by atoms with E-state index in [-0.39, 0.29) is 70.9 Å². The van der Waals surface area contributed by atoms with Gasteiger partial charge < -0.3 is 35.3 Å². The number of halogens is 2. The Kier molecular flexibility index (Phi) is 13.7. The number of aromatic nitrogens is 4. The number of phenolic OH excluding ortho intramolecular Hbond substituents is 2. The predicted octanol–water partition coefficient (Wildman–Crippen LogP) is 7.66. The van der Waals surface area contributed by atoms with Gasteiger partial charge in [0.25, 0.3) is 10.1 Å². The van der Waals surface area contributed by atoms with E-state index in [2.05, 4.69) is 42.6 Å². The van der Waals surface area contributed by atoms with Crippen molar-refractivity contribution in [2.75, 3.05) is 5.32 Å². The Balaban J connectivity index is 0.000000398. The number of anilines is 1. The van der Waals surface area contributed by atoms with E-state index in [0.29, 0.717) is 27.8 Å². The Morgan fingerprint density at radius 2 is 1.34 bits per heavy atom. The zero-order chi connectivity index (χ0) is 40.0. The van der Waals surface area contributed by atoms with Crippen LogP contribution < -0.4 is 16.4 Å². The summed E-state index contributed by atoms with van der Waals surface area (Å²) in [4.78, 5) is 35.7. The number of aromatic hydroxyl groups is 2. The SMILES string of the molecule is C=CC(=O)Nc1ccc(-n2nc(C)[c-](N=Nc3cc(Cl)cc(S(=O)(=O)O)c3O)c2=O)cc1.Cc1nn(-c2ccccc2)c(=O)[c-]1N=Nc1cc(Cl)ccc1O.[Cr].[H+].[H+]. The summed E-state index contributed by atoms with van der Waals surface area (Å²) in [7, 11) is -4.77. The second-order valence-electron chi connectivity index (χ2n) is 11.2. The minimum atomic E-state index is -4.77. The number of azo groups is 2. The molecule has 21 heteroatoms. The van der Waals surface area contributed by atoms with Gasteiger partial charge in [-0.15, -0.1) is 11.4 Å². The molecule has 0 unspecified atom stereocenters. The van der Waals surface area contributed by atoms with Gasteiger partial charge in [0, 0.05) is 33.1 Å². The van der Waals surface area contributed by atoms with E-state index in [1.165, 1.54) is 29.8 Å². The molecule has 4 aromatic carbocycles. The van der Waals surface area contributed by atoms with Crippen molar-refractivity contribution >= 4 is 67.7 Å². The van der Waals surface area contributed by atoms with Crippen LogP contribution in [-0.2, 0) is 32.3 Å². The number of rotatable bonds is 9. The van der Waals surface area contributed by atoms with Gasteiger partial charge in [-0.1, -0.05) is 73.2 Å². The number of hydrogen-bond donors (Lipinski definition) is 4. The normalized spacial score (nSPS) is 11.2. The first kappa shape index (κ1) is 42.7. The first-order chi connectivity index (χ1) is 26.1. The Morgan fingerprint density at radius 3 is 1.88 bits per heavy atom. The number of nitrogens with one attached hydrogen (secondary N) is 1. The number of carbonyl (C=O) groups is 1. The van der Waals surface area contributed by atoms with E-state index in [4.69, 9.17) is 23.2 Å². The Morgan fingerprint density at radius 1 is 0.821 bits per heavy atom. The zero-order valence-electron chi connectivity index (χ0n) is 30.9. The van der Waals surface area contributed by atoms with Crippen LogP contribution in [0.25, 0.3) is 11.4 Å². The number of phenols is 2. The number of amides is 1. The molecule has 0 aliphatic carbocycles. The van der Waals surface area contributed by atoms with Crippen molar-refractivity contribution in [3.8, 4) is 22.9 Å². The Bertz CT molecular complexity index is 2720. The molecule has 2 aromatic heterocycles. The monoisotopic (exact) mass is 857 g/mol. The quantitative estimate of drug-likeness (QED) is 0.0479. The molecule has 0 fully saturated rings. The molecule has 2 heterocycles. The molecule has 4 N–H and O–H groups in total. The van der Waals surface area contributed by atoms with Crippen molar-refractivity contribution in [3.63, 3.8) is 0 Å². The number of nitrogens with zero attached hydrogens (tertiary/aromatic N) is 8. The van der Waals surface area contributed by atoms with Crippen LogP contribution in [0, 0.1) is 13.8 Å². The first-order valence-electron chi connectivity index (χ1n) is 15.5. The largest absolute Gasteiger partial charge is 1.00 e. The summed E-state index contributed by atoms with van der Waals surface area (Å²) in [6.07, 6.45) is 1.12. The molecule has 6 aromatic rings. The summed E-state index contributed by atoms with van der Waals surface area (Å²) in [6.45, 7) is 6.54. The van der Waals surface area contributed by atoms with E-state index >= 15 is 0 Å². The predicted molar refractivity (Wildman–Crippen MR) is 206 cm³/mol. The van der Waals surface area contributed by atoms with Crippen LogP contribution in [0.2, 0.25) is 10.0 Å². The van der Waals surface area contributed by atoms with Gasteiger partial charge in [-0.25, -0.2) is 19.6 Å².